The molecule has 0 aromatic heterocycles. The van der Waals surface area contributed by atoms with Gasteiger partial charge in [0.2, 0.25) is 0 Å². The van der Waals surface area contributed by atoms with E-state index in [1.54, 1.807) is 7.11 Å². The van der Waals surface area contributed by atoms with E-state index < -0.39 is 0 Å². The molecule has 0 saturated carbocycles. The Balaban J connectivity index is 2.41. The van der Waals surface area contributed by atoms with Crippen LogP contribution in [0.5, 0.6) is 5.75 Å². The van der Waals surface area contributed by atoms with Crippen LogP contribution >= 0.6 is 15.9 Å². The van der Waals surface area contributed by atoms with E-state index in [1.807, 2.05) is 6.07 Å². The number of rotatable bonds is 7. The highest BCUT2D eigenvalue weighted by Crippen LogP contribution is 2.26. The minimum Gasteiger partial charge on any atom is -0.496 e. The number of hydrogen-bond acceptors (Lipinski definition) is 2. The number of aryl methyl sites for hydroxylation is 1. The Morgan fingerprint density at radius 3 is 2.56 bits per heavy atom. The lowest BCUT2D eigenvalue weighted by molar-refractivity contribution is 0.411. The van der Waals surface area contributed by atoms with Gasteiger partial charge in [-0.15, -0.1) is 0 Å². The van der Waals surface area contributed by atoms with Crippen molar-refractivity contribution in [2.45, 2.75) is 39.7 Å². The van der Waals surface area contributed by atoms with E-state index in [9.17, 15) is 0 Å². The third-order valence-electron chi connectivity index (χ3n) is 3.02. The van der Waals surface area contributed by atoms with Gasteiger partial charge in [0.05, 0.1) is 11.6 Å². The van der Waals surface area contributed by atoms with Crippen molar-refractivity contribution >= 4 is 15.9 Å². The number of benzene rings is 1. The zero-order valence-corrected chi connectivity index (χ0v) is 13.4. The van der Waals surface area contributed by atoms with Crippen molar-refractivity contribution in [3.8, 4) is 5.75 Å². The first-order valence-corrected chi connectivity index (χ1v) is 7.38. The predicted octanol–water partition coefficient (Wildman–Crippen LogP) is 4.02. The molecule has 18 heavy (non-hydrogen) atoms. The Labute approximate surface area is 119 Å². The molecule has 3 heteroatoms. The number of methoxy groups -OCH3 is 1. The molecule has 0 fully saturated rings. The van der Waals surface area contributed by atoms with Gasteiger partial charge in [0, 0.05) is 6.04 Å². The number of hydrogen-bond donors (Lipinski definition) is 1. The summed E-state index contributed by atoms with van der Waals surface area (Å²) in [7, 11) is 1.69. The molecule has 0 amide bonds. The normalized spacial score (nSPS) is 12.8. The van der Waals surface area contributed by atoms with Gasteiger partial charge in [-0.05, 0) is 58.9 Å². The van der Waals surface area contributed by atoms with Crippen molar-refractivity contribution in [1.29, 1.82) is 0 Å². The molecule has 1 unspecified atom stereocenters. The van der Waals surface area contributed by atoms with E-state index in [0.717, 1.165) is 23.2 Å². The first kappa shape index (κ1) is 15.5. The highest BCUT2D eigenvalue weighted by molar-refractivity contribution is 9.10. The van der Waals surface area contributed by atoms with Crippen LogP contribution in [-0.4, -0.2) is 19.7 Å². The molecule has 102 valence electrons. The van der Waals surface area contributed by atoms with E-state index in [-0.39, 0.29) is 0 Å². The van der Waals surface area contributed by atoms with E-state index in [2.05, 4.69) is 54.2 Å². The van der Waals surface area contributed by atoms with Crippen molar-refractivity contribution in [3.63, 3.8) is 0 Å². The number of ether oxygens (including phenoxy) is 1. The summed E-state index contributed by atoms with van der Waals surface area (Å²) in [6.07, 6.45) is 2.32. The fraction of sp³-hybridized carbons (Fsp3) is 0.600. The average molecular weight is 314 g/mol. The van der Waals surface area contributed by atoms with Crippen molar-refractivity contribution in [3.05, 3.63) is 28.2 Å². The van der Waals surface area contributed by atoms with Crippen molar-refractivity contribution in [1.82, 2.24) is 5.32 Å². The molecule has 0 aliphatic rings. The zero-order chi connectivity index (χ0) is 13.5. The third kappa shape index (κ3) is 5.40. The van der Waals surface area contributed by atoms with E-state index in [4.69, 9.17) is 4.74 Å². The Morgan fingerprint density at radius 1 is 1.28 bits per heavy atom. The summed E-state index contributed by atoms with van der Waals surface area (Å²) in [5.74, 6) is 1.60. The molecule has 0 saturated heterocycles. The highest BCUT2D eigenvalue weighted by Gasteiger charge is 2.05. The van der Waals surface area contributed by atoms with Crippen LogP contribution in [0.15, 0.2) is 22.7 Å². The first-order chi connectivity index (χ1) is 8.52. The van der Waals surface area contributed by atoms with Gasteiger partial charge < -0.3 is 10.1 Å². The molecule has 0 radical (unpaired) electrons. The Bertz CT molecular complexity index is 366. The molecule has 0 aliphatic heterocycles. The quantitative estimate of drug-likeness (QED) is 0.820. The summed E-state index contributed by atoms with van der Waals surface area (Å²) < 4.78 is 6.27. The van der Waals surface area contributed by atoms with Gasteiger partial charge in [0.25, 0.3) is 0 Å². The predicted molar refractivity (Wildman–Crippen MR) is 81.3 cm³/mol. The van der Waals surface area contributed by atoms with Crippen LogP contribution < -0.4 is 10.1 Å². The highest BCUT2D eigenvalue weighted by atomic mass is 79.9. The van der Waals surface area contributed by atoms with Crippen molar-refractivity contribution < 1.29 is 4.74 Å². The van der Waals surface area contributed by atoms with Gasteiger partial charge >= 0.3 is 0 Å². The van der Waals surface area contributed by atoms with Gasteiger partial charge in [0.15, 0.2) is 0 Å². The summed E-state index contributed by atoms with van der Waals surface area (Å²) in [4.78, 5) is 0. The number of halogens is 1. The third-order valence-corrected chi connectivity index (χ3v) is 3.64. The molecule has 0 spiro atoms. The summed E-state index contributed by atoms with van der Waals surface area (Å²) in [6, 6.07) is 6.90. The lowest BCUT2D eigenvalue weighted by Gasteiger charge is -2.15. The molecule has 1 aromatic rings. The maximum atomic E-state index is 5.23. The SMILES string of the molecule is COc1ccc(CCC(C)CNC(C)C)cc1Br. The smallest absolute Gasteiger partial charge is 0.133 e. The average Bonchev–Trinajstić information content (AvgIpc) is 2.34. The van der Waals surface area contributed by atoms with Crippen LogP contribution in [0.2, 0.25) is 0 Å². The lowest BCUT2D eigenvalue weighted by atomic mass is 10.0. The second kappa shape index (κ2) is 7.80. The molecule has 1 aromatic carbocycles. The summed E-state index contributed by atoms with van der Waals surface area (Å²) in [5, 5.41) is 3.48. The summed E-state index contributed by atoms with van der Waals surface area (Å²) >= 11 is 3.53. The molecule has 0 bridgehead atoms. The van der Waals surface area contributed by atoms with Crippen LogP contribution in [0.1, 0.15) is 32.8 Å². The molecule has 2 nitrogen and oxygen atoms in total. The molecule has 1 N–H and O–H groups in total. The largest absolute Gasteiger partial charge is 0.496 e. The minimum absolute atomic E-state index is 0.572. The maximum Gasteiger partial charge on any atom is 0.133 e. The van der Waals surface area contributed by atoms with Crippen LogP contribution in [-0.2, 0) is 6.42 Å². The topological polar surface area (TPSA) is 21.3 Å². The monoisotopic (exact) mass is 313 g/mol. The molecular weight excluding hydrogens is 290 g/mol. The molecular formula is C15H24BrNO. The molecule has 1 rings (SSSR count). The van der Waals surface area contributed by atoms with Crippen molar-refractivity contribution in [2.24, 2.45) is 5.92 Å². The van der Waals surface area contributed by atoms with Crippen LogP contribution in [0.4, 0.5) is 0 Å². The fourth-order valence-electron chi connectivity index (χ4n) is 1.82. The molecule has 1 atom stereocenters. The van der Waals surface area contributed by atoms with Gasteiger partial charge in [-0.3, -0.25) is 0 Å². The minimum atomic E-state index is 0.572. The van der Waals surface area contributed by atoms with Crippen LogP contribution in [0.3, 0.4) is 0 Å². The Morgan fingerprint density at radius 2 is 2.00 bits per heavy atom. The van der Waals surface area contributed by atoms with Gasteiger partial charge in [-0.25, -0.2) is 0 Å². The van der Waals surface area contributed by atoms with Crippen molar-refractivity contribution in [2.75, 3.05) is 13.7 Å². The van der Waals surface area contributed by atoms with Gasteiger partial charge in [-0.1, -0.05) is 26.8 Å². The fourth-order valence-corrected chi connectivity index (χ4v) is 2.41. The zero-order valence-electron chi connectivity index (χ0n) is 11.8. The first-order valence-electron chi connectivity index (χ1n) is 6.58. The number of nitrogens with one attached hydrogen (secondary N) is 1. The summed E-state index contributed by atoms with van der Waals surface area (Å²) in [5.41, 5.74) is 1.36. The lowest BCUT2D eigenvalue weighted by Crippen LogP contribution is -2.28. The van der Waals surface area contributed by atoms with E-state index >= 15 is 0 Å². The molecule has 0 aliphatic carbocycles. The van der Waals surface area contributed by atoms with E-state index in [1.165, 1.54) is 12.0 Å². The standard InChI is InChI=1S/C15H24BrNO/c1-11(2)17-10-12(3)5-6-13-7-8-15(18-4)14(16)9-13/h7-9,11-12,17H,5-6,10H2,1-4H3. The second-order valence-corrected chi connectivity index (χ2v) is 6.03. The van der Waals surface area contributed by atoms with Gasteiger partial charge in [0.1, 0.15) is 5.75 Å². The Hall–Kier alpha value is -0.540. The van der Waals surface area contributed by atoms with Crippen LogP contribution in [0.25, 0.3) is 0 Å². The second-order valence-electron chi connectivity index (χ2n) is 5.18. The van der Waals surface area contributed by atoms with E-state index in [0.29, 0.717) is 12.0 Å². The summed E-state index contributed by atoms with van der Waals surface area (Å²) in [6.45, 7) is 7.77. The molecule has 0 heterocycles. The van der Waals surface area contributed by atoms with Gasteiger partial charge in [-0.2, -0.15) is 0 Å². The maximum absolute atomic E-state index is 5.23. The Kier molecular flexibility index (Phi) is 6.72. The van der Waals surface area contributed by atoms with Crippen LogP contribution in [0, 0.1) is 5.92 Å².